The van der Waals surface area contributed by atoms with Crippen LogP contribution in [0.2, 0.25) is 0 Å². The summed E-state index contributed by atoms with van der Waals surface area (Å²) >= 11 is 0. The topological polar surface area (TPSA) is 101 Å². The van der Waals surface area contributed by atoms with Crippen LogP contribution in [0.5, 0.6) is 5.75 Å². The van der Waals surface area contributed by atoms with Crippen LogP contribution in [0.15, 0.2) is 24.3 Å². The SMILES string of the molecule is CC(C)(O)C(=O)c1ccc(OCCOC(=O)C(F)(F)OC(F)(F)C(F)(F)OC(F)(F)C(F)(F)OC(F)(F)C(F)(F)C(F)(F)C(F)(F)F)cc1. The average Bonchev–Trinajstić information content (AvgIpc) is 2.87. The van der Waals surface area contributed by atoms with Crippen LogP contribution < -0.4 is 4.74 Å². The molecule has 0 bridgehead atoms. The number of carbonyl (C=O) groups is 2. The summed E-state index contributed by atoms with van der Waals surface area (Å²) in [5, 5.41) is 9.64. The molecule has 49 heavy (non-hydrogen) atoms. The van der Waals surface area contributed by atoms with Crippen LogP contribution in [0.3, 0.4) is 0 Å². The lowest BCUT2D eigenvalue weighted by Gasteiger charge is -2.37. The molecule has 0 fully saturated rings. The van der Waals surface area contributed by atoms with Crippen LogP contribution in [-0.2, 0) is 23.7 Å². The molecule has 1 N–H and O–H groups in total. The van der Waals surface area contributed by atoms with Crippen molar-refractivity contribution in [3.8, 4) is 5.75 Å². The van der Waals surface area contributed by atoms with E-state index in [0.29, 0.717) is 0 Å². The Bertz CT molecular complexity index is 1320. The van der Waals surface area contributed by atoms with Crippen molar-refractivity contribution in [3.05, 3.63) is 29.8 Å². The zero-order valence-electron chi connectivity index (χ0n) is 23.2. The minimum atomic E-state index is -8.25. The van der Waals surface area contributed by atoms with Gasteiger partial charge in [0, 0.05) is 5.56 Å². The number of esters is 1. The Balaban J connectivity index is 2.98. The second-order valence-electron chi connectivity index (χ2n) is 9.45. The van der Waals surface area contributed by atoms with E-state index in [9.17, 15) is 98.1 Å². The molecule has 0 saturated heterocycles. The molecule has 0 atom stereocenters. The quantitative estimate of drug-likeness (QED) is 0.0784. The van der Waals surface area contributed by atoms with Gasteiger partial charge < -0.3 is 14.6 Å². The summed E-state index contributed by atoms with van der Waals surface area (Å²) in [5.74, 6) is -20.6. The fourth-order valence-electron chi connectivity index (χ4n) is 2.62. The molecule has 1 aromatic rings. The van der Waals surface area contributed by atoms with Gasteiger partial charge >= 0.3 is 60.6 Å². The smallest absolute Gasteiger partial charge is 0.460 e. The van der Waals surface area contributed by atoms with Gasteiger partial charge in [-0.25, -0.2) is 19.0 Å². The third-order valence-electron chi connectivity index (χ3n) is 5.06. The third-order valence-corrected chi connectivity index (χ3v) is 5.06. The Morgan fingerprint density at radius 2 is 0.959 bits per heavy atom. The Morgan fingerprint density at radius 3 is 1.35 bits per heavy atom. The van der Waals surface area contributed by atoms with Crippen molar-refractivity contribution in [2.45, 2.75) is 74.1 Å². The zero-order chi connectivity index (χ0) is 39.1. The number of Topliss-reactive ketones (excluding diaryl/α,β-unsaturated/α-hetero) is 1. The number of benzene rings is 1. The van der Waals surface area contributed by atoms with Gasteiger partial charge in [-0.15, -0.1) is 0 Å². The van der Waals surface area contributed by atoms with Crippen molar-refractivity contribution in [1.82, 2.24) is 0 Å². The van der Waals surface area contributed by atoms with Crippen molar-refractivity contribution in [2.75, 3.05) is 13.2 Å². The molecule has 0 aliphatic heterocycles. The Kier molecular flexibility index (Phi) is 12.0. The van der Waals surface area contributed by atoms with Crippen LogP contribution in [0.4, 0.5) is 83.4 Å². The van der Waals surface area contributed by atoms with Crippen molar-refractivity contribution < 1.29 is 122 Å². The Morgan fingerprint density at radius 1 is 0.571 bits per heavy atom. The number of halogens is 19. The zero-order valence-corrected chi connectivity index (χ0v) is 23.2. The van der Waals surface area contributed by atoms with Gasteiger partial charge in [0.1, 0.15) is 24.6 Å². The second kappa shape index (κ2) is 13.4. The van der Waals surface area contributed by atoms with E-state index in [4.69, 9.17) is 4.74 Å². The van der Waals surface area contributed by atoms with E-state index in [-0.39, 0.29) is 11.3 Å². The first kappa shape index (κ1) is 43.7. The molecule has 0 radical (unpaired) electrons. The number of carbonyl (C=O) groups excluding carboxylic acids is 2. The van der Waals surface area contributed by atoms with Gasteiger partial charge in [0.2, 0.25) is 0 Å². The van der Waals surface area contributed by atoms with Crippen LogP contribution in [0.25, 0.3) is 0 Å². The summed E-state index contributed by atoms with van der Waals surface area (Å²) in [6.07, 6.45) is -53.2. The summed E-state index contributed by atoms with van der Waals surface area (Å²) in [4.78, 5) is 23.2. The first-order valence-corrected chi connectivity index (χ1v) is 11.8. The molecule has 8 nitrogen and oxygen atoms in total. The Labute approximate surface area is 257 Å². The maximum absolute atomic E-state index is 13.7. The first-order chi connectivity index (χ1) is 21.4. The number of ketones is 1. The summed E-state index contributed by atoms with van der Waals surface area (Å²) in [7, 11) is 0. The van der Waals surface area contributed by atoms with E-state index in [0.717, 1.165) is 38.1 Å². The fourth-order valence-corrected chi connectivity index (χ4v) is 2.62. The molecular weight excluding hydrogens is 753 g/mol. The number of aliphatic hydroxyl groups is 1. The van der Waals surface area contributed by atoms with Gasteiger partial charge in [0.05, 0.1) is 0 Å². The lowest BCUT2D eigenvalue weighted by molar-refractivity contribution is -0.567. The van der Waals surface area contributed by atoms with Gasteiger partial charge in [0.15, 0.2) is 5.78 Å². The second-order valence-corrected chi connectivity index (χ2v) is 9.45. The number of rotatable bonds is 17. The molecule has 284 valence electrons. The predicted octanol–water partition coefficient (Wildman–Crippen LogP) is 7.00. The van der Waals surface area contributed by atoms with E-state index >= 15 is 0 Å². The van der Waals surface area contributed by atoms with E-state index in [1.54, 1.807) is 0 Å². The lowest BCUT2D eigenvalue weighted by atomic mass is 9.97. The summed E-state index contributed by atoms with van der Waals surface area (Å²) < 4.78 is 262. The van der Waals surface area contributed by atoms with E-state index in [1.807, 2.05) is 4.74 Å². The van der Waals surface area contributed by atoms with E-state index in [2.05, 4.69) is 4.74 Å². The van der Waals surface area contributed by atoms with Crippen molar-refractivity contribution in [3.63, 3.8) is 0 Å². The molecule has 1 rings (SSSR count). The lowest BCUT2D eigenvalue weighted by Crippen LogP contribution is -2.65. The molecule has 0 unspecified atom stereocenters. The Hall–Kier alpha value is -3.33. The standard InChI is InChI=1S/C22H15F19O8/c1-13(2,44)11(42)9-3-5-10(6-4-9)45-7-8-46-12(43)14(23,24)47-19(34,35)20(36,37)49-22(40,41)21(38,39)48-18(32,33)16(27,28)15(25,26)17(29,30)31/h3-6,44H,7-8H2,1-2H3. The largest absolute Gasteiger partial charge is 0.490 e. The van der Waals surface area contributed by atoms with Gasteiger partial charge in [-0.2, -0.15) is 83.4 Å². The maximum Gasteiger partial charge on any atom is 0.460 e. The molecule has 0 saturated carbocycles. The predicted molar refractivity (Wildman–Crippen MR) is 112 cm³/mol. The van der Waals surface area contributed by atoms with Crippen molar-refractivity contribution >= 4 is 11.8 Å². The third kappa shape index (κ3) is 9.47. The fraction of sp³-hybridized carbons (Fsp3) is 0.636. The number of hydrogen-bond acceptors (Lipinski definition) is 8. The number of ether oxygens (including phenoxy) is 5. The molecule has 0 spiro atoms. The van der Waals surface area contributed by atoms with Crippen LogP contribution >= 0.6 is 0 Å². The number of alkyl halides is 19. The van der Waals surface area contributed by atoms with E-state index in [1.165, 1.54) is 9.47 Å². The molecule has 0 aliphatic carbocycles. The van der Waals surface area contributed by atoms with Crippen molar-refractivity contribution in [1.29, 1.82) is 0 Å². The number of hydrogen-bond donors (Lipinski definition) is 1. The van der Waals surface area contributed by atoms with Crippen molar-refractivity contribution in [2.24, 2.45) is 0 Å². The normalized spacial score (nSPS) is 14.9. The molecular formula is C22H15F19O8. The van der Waals surface area contributed by atoms with Gasteiger partial charge in [-0.1, -0.05) is 0 Å². The molecule has 0 amide bonds. The van der Waals surface area contributed by atoms with Crippen LogP contribution in [0, 0.1) is 0 Å². The van der Waals surface area contributed by atoms with Crippen LogP contribution in [0.1, 0.15) is 24.2 Å². The monoisotopic (exact) mass is 768 g/mol. The highest BCUT2D eigenvalue weighted by atomic mass is 19.4. The molecule has 0 aromatic heterocycles. The molecule has 1 aromatic carbocycles. The highest BCUT2D eigenvalue weighted by molar-refractivity contribution is 6.01. The summed E-state index contributed by atoms with van der Waals surface area (Å²) in [6.45, 7) is -0.0671. The maximum atomic E-state index is 13.7. The van der Waals surface area contributed by atoms with Gasteiger partial charge in [-0.05, 0) is 38.1 Å². The molecule has 27 heteroatoms. The summed E-state index contributed by atoms with van der Waals surface area (Å²) in [6, 6.07) is 4.23. The minimum absolute atomic E-state index is 0.0659. The average molecular weight is 768 g/mol. The van der Waals surface area contributed by atoms with Crippen LogP contribution in [-0.4, -0.2) is 90.3 Å². The summed E-state index contributed by atoms with van der Waals surface area (Å²) in [5.41, 5.74) is -1.87. The van der Waals surface area contributed by atoms with Gasteiger partial charge in [-0.3, -0.25) is 4.79 Å². The highest BCUT2D eigenvalue weighted by Gasteiger charge is 2.85. The molecule has 0 aliphatic rings. The van der Waals surface area contributed by atoms with Gasteiger partial charge in [0.25, 0.3) is 0 Å². The first-order valence-electron chi connectivity index (χ1n) is 11.8. The highest BCUT2D eigenvalue weighted by Crippen LogP contribution is 2.56. The van der Waals surface area contributed by atoms with E-state index < -0.39 is 85.2 Å². The minimum Gasteiger partial charge on any atom is -0.490 e. The molecule has 0 heterocycles.